The number of amides is 1. The molecule has 0 spiro atoms. The van der Waals surface area contributed by atoms with Crippen molar-refractivity contribution in [1.29, 1.82) is 0 Å². The average Bonchev–Trinajstić information content (AvgIpc) is 2.93. The number of thiophene rings is 1. The van der Waals surface area contributed by atoms with E-state index in [0.29, 0.717) is 10.6 Å². The lowest BCUT2D eigenvalue weighted by molar-refractivity contribution is -0.144. The summed E-state index contributed by atoms with van der Waals surface area (Å²) in [5.74, 6) is -1.51. The predicted molar refractivity (Wildman–Crippen MR) is 86.4 cm³/mol. The van der Waals surface area contributed by atoms with Gasteiger partial charge in [0.25, 0.3) is 5.91 Å². The first-order chi connectivity index (χ1) is 11.4. The van der Waals surface area contributed by atoms with E-state index in [4.69, 9.17) is 9.47 Å². The number of aryl methyl sites for hydroxylation is 1. The van der Waals surface area contributed by atoms with E-state index in [0.717, 1.165) is 17.0 Å². The molecule has 1 aromatic carbocycles. The monoisotopic (exact) mass is 353 g/mol. The molecule has 0 aliphatic carbocycles. The first-order valence-corrected chi connectivity index (χ1v) is 7.80. The molecule has 2 rings (SSSR count). The lowest BCUT2D eigenvalue weighted by Crippen LogP contribution is -2.40. The highest BCUT2D eigenvalue weighted by molar-refractivity contribution is 7.14. The first kappa shape index (κ1) is 17.7. The van der Waals surface area contributed by atoms with Crippen molar-refractivity contribution in [2.75, 3.05) is 13.7 Å². The molecule has 24 heavy (non-hydrogen) atoms. The molecule has 2 aromatic rings. The minimum Gasteiger partial charge on any atom is -0.495 e. The summed E-state index contributed by atoms with van der Waals surface area (Å²) in [6.07, 6.45) is -1.30. The molecule has 1 unspecified atom stereocenters. The summed E-state index contributed by atoms with van der Waals surface area (Å²) in [5, 5.41) is 11.7. The average molecular weight is 353 g/mol. The number of carboxylic acids is 1. The number of hydrogen-bond acceptors (Lipinski definition) is 5. The molecule has 0 bridgehead atoms. The van der Waals surface area contributed by atoms with E-state index in [1.165, 1.54) is 30.6 Å². The summed E-state index contributed by atoms with van der Waals surface area (Å²) in [6.45, 7) is 1.59. The Kier molecular flexibility index (Phi) is 5.75. The van der Waals surface area contributed by atoms with E-state index in [1.54, 1.807) is 6.07 Å². The molecular formula is C16H16FNO5S. The van der Waals surface area contributed by atoms with E-state index >= 15 is 0 Å². The summed E-state index contributed by atoms with van der Waals surface area (Å²) < 4.78 is 23.2. The van der Waals surface area contributed by atoms with Gasteiger partial charge in [0.05, 0.1) is 13.7 Å². The molecule has 0 fully saturated rings. The lowest BCUT2D eigenvalue weighted by atomic mass is 10.3. The highest BCUT2D eigenvalue weighted by atomic mass is 32.1. The standard InChI is InChI=1S/C16H16FNO5S/c1-9-7-12(22-2)14(24-9)15(19)18-8-13(16(20)21)23-11-5-3-10(17)4-6-11/h3-7,13H,8H2,1-2H3,(H,18,19)(H,20,21). The molecule has 1 atom stereocenters. The van der Waals surface area contributed by atoms with Crippen molar-refractivity contribution < 1.29 is 28.6 Å². The van der Waals surface area contributed by atoms with Gasteiger partial charge in [-0.25, -0.2) is 9.18 Å². The van der Waals surface area contributed by atoms with Gasteiger partial charge in [-0.05, 0) is 37.3 Å². The Hall–Kier alpha value is -2.61. The maximum atomic E-state index is 12.9. The van der Waals surface area contributed by atoms with Crippen LogP contribution in [0.25, 0.3) is 0 Å². The smallest absolute Gasteiger partial charge is 0.346 e. The van der Waals surface area contributed by atoms with E-state index in [2.05, 4.69) is 5.32 Å². The van der Waals surface area contributed by atoms with Gasteiger partial charge in [0.1, 0.15) is 22.2 Å². The zero-order valence-electron chi connectivity index (χ0n) is 13.0. The van der Waals surface area contributed by atoms with Gasteiger partial charge in [-0.2, -0.15) is 0 Å². The summed E-state index contributed by atoms with van der Waals surface area (Å²) in [7, 11) is 1.45. The van der Waals surface area contributed by atoms with Crippen LogP contribution in [-0.2, 0) is 4.79 Å². The number of carbonyl (C=O) groups is 2. The van der Waals surface area contributed by atoms with Gasteiger partial charge in [-0.15, -0.1) is 11.3 Å². The molecule has 128 valence electrons. The van der Waals surface area contributed by atoms with Gasteiger partial charge < -0.3 is 19.9 Å². The minimum atomic E-state index is -1.30. The number of nitrogens with one attached hydrogen (secondary N) is 1. The molecule has 2 N–H and O–H groups in total. The van der Waals surface area contributed by atoms with Gasteiger partial charge in [-0.1, -0.05) is 0 Å². The largest absolute Gasteiger partial charge is 0.495 e. The second-order valence-corrected chi connectivity index (χ2v) is 6.12. The third-order valence-electron chi connectivity index (χ3n) is 3.06. The number of benzene rings is 1. The third-order valence-corrected chi connectivity index (χ3v) is 4.09. The van der Waals surface area contributed by atoms with Gasteiger partial charge >= 0.3 is 5.97 Å². The number of methoxy groups -OCH3 is 1. The van der Waals surface area contributed by atoms with Crippen molar-refractivity contribution in [1.82, 2.24) is 5.32 Å². The van der Waals surface area contributed by atoms with Crippen molar-refractivity contribution in [3.63, 3.8) is 0 Å². The Bertz CT molecular complexity index is 729. The van der Waals surface area contributed by atoms with Crippen molar-refractivity contribution in [3.8, 4) is 11.5 Å². The van der Waals surface area contributed by atoms with Crippen LogP contribution in [0.5, 0.6) is 11.5 Å². The Balaban J connectivity index is 2.01. The minimum absolute atomic E-state index is 0.197. The Morgan fingerprint density at radius 2 is 2.00 bits per heavy atom. The van der Waals surface area contributed by atoms with Crippen LogP contribution in [0.1, 0.15) is 14.5 Å². The zero-order chi connectivity index (χ0) is 17.7. The van der Waals surface area contributed by atoms with Crippen molar-refractivity contribution in [3.05, 3.63) is 45.9 Å². The van der Waals surface area contributed by atoms with Crippen LogP contribution >= 0.6 is 11.3 Å². The summed E-state index contributed by atoms with van der Waals surface area (Å²) in [6, 6.07) is 6.68. The molecule has 1 amide bonds. The lowest BCUT2D eigenvalue weighted by Gasteiger charge is -2.15. The van der Waals surface area contributed by atoms with Gasteiger partial charge in [-0.3, -0.25) is 4.79 Å². The zero-order valence-corrected chi connectivity index (χ0v) is 13.9. The highest BCUT2D eigenvalue weighted by Gasteiger charge is 2.22. The van der Waals surface area contributed by atoms with E-state index in [9.17, 15) is 19.1 Å². The van der Waals surface area contributed by atoms with Crippen LogP contribution in [0.4, 0.5) is 4.39 Å². The molecule has 0 aliphatic rings. The molecule has 6 nitrogen and oxygen atoms in total. The predicted octanol–water partition coefficient (Wildman–Crippen LogP) is 2.47. The van der Waals surface area contributed by atoms with Crippen LogP contribution in [0.3, 0.4) is 0 Å². The number of carboxylic acid groups (broad SMARTS) is 1. The highest BCUT2D eigenvalue weighted by Crippen LogP contribution is 2.28. The van der Waals surface area contributed by atoms with E-state index in [1.807, 2.05) is 6.92 Å². The van der Waals surface area contributed by atoms with Gasteiger partial charge in [0.2, 0.25) is 6.10 Å². The number of carbonyl (C=O) groups excluding carboxylic acids is 1. The Labute approximate surface area is 141 Å². The van der Waals surface area contributed by atoms with Gasteiger partial charge in [0.15, 0.2) is 0 Å². The number of hydrogen-bond donors (Lipinski definition) is 2. The molecule has 0 radical (unpaired) electrons. The van der Waals surface area contributed by atoms with Crippen LogP contribution in [0.2, 0.25) is 0 Å². The molecule has 0 saturated heterocycles. The number of rotatable bonds is 7. The van der Waals surface area contributed by atoms with Crippen LogP contribution in [-0.4, -0.2) is 36.7 Å². The number of aliphatic carboxylic acids is 1. The quantitative estimate of drug-likeness (QED) is 0.799. The number of halogens is 1. The van der Waals surface area contributed by atoms with Crippen molar-refractivity contribution >= 4 is 23.2 Å². The molecule has 1 heterocycles. The van der Waals surface area contributed by atoms with Crippen LogP contribution < -0.4 is 14.8 Å². The summed E-state index contributed by atoms with van der Waals surface area (Å²) >= 11 is 1.25. The maximum Gasteiger partial charge on any atom is 0.346 e. The second-order valence-electron chi connectivity index (χ2n) is 4.86. The summed E-state index contributed by atoms with van der Waals surface area (Å²) in [5.41, 5.74) is 0. The molecule has 8 heteroatoms. The Morgan fingerprint density at radius 3 is 2.58 bits per heavy atom. The first-order valence-electron chi connectivity index (χ1n) is 6.98. The third kappa shape index (κ3) is 4.45. The van der Waals surface area contributed by atoms with Gasteiger partial charge in [0, 0.05) is 4.88 Å². The van der Waals surface area contributed by atoms with Crippen LogP contribution in [0, 0.1) is 12.7 Å². The van der Waals surface area contributed by atoms with Crippen LogP contribution in [0.15, 0.2) is 30.3 Å². The van der Waals surface area contributed by atoms with E-state index in [-0.39, 0.29) is 12.3 Å². The molecular weight excluding hydrogens is 337 g/mol. The fourth-order valence-corrected chi connectivity index (χ4v) is 2.82. The fourth-order valence-electron chi connectivity index (χ4n) is 1.92. The number of ether oxygens (including phenoxy) is 2. The molecule has 1 aromatic heterocycles. The normalized spacial score (nSPS) is 11.6. The fraction of sp³-hybridized carbons (Fsp3) is 0.250. The van der Waals surface area contributed by atoms with E-state index < -0.39 is 23.8 Å². The van der Waals surface area contributed by atoms with Crippen molar-refractivity contribution in [2.24, 2.45) is 0 Å². The topological polar surface area (TPSA) is 84.9 Å². The molecule has 0 saturated carbocycles. The SMILES string of the molecule is COc1cc(C)sc1C(=O)NCC(Oc1ccc(F)cc1)C(=O)O. The Morgan fingerprint density at radius 1 is 1.33 bits per heavy atom. The summed E-state index contributed by atoms with van der Waals surface area (Å²) in [4.78, 5) is 24.7. The second kappa shape index (κ2) is 7.78. The van der Waals surface area contributed by atoms with Crippen molar-refractivity contribution in [2.45, 2.75) is 13.0 Å². The maximum absolute atomic E-state index is 12.9. The molecule has 0 aliphatic heterocycles.